The minimum atomic E-state index is 0. The lowest BCUT2D eigenvalue weighted by molar-refractivity contribution is 0.100. The van der Waals surface area contributed by atoms with Crippen molar-refractivity contribution in [1.29, 1.82) is 0 Å². The Hall–Kier alpha value is -2.14. The van der Waals surface area contributed by atoms with E-state index < -0.39 is 0 Å². The molecule has 0 radical (unpaired) electrons. The summed E-state index contributed by atoms with van der Waals surface area (Å²) in [5.41, 5.74) is 4.16. The van der Waals surface area contributed by atoms with Crippen LogP contribution in [0.1, 0.15) is 28.8 Å². The van der Waals surface area contributed by atoms with Gasteiger partial charge < -0.3 is 9.80 Å². The smallest absolute Gasteiger partial charge is 0.206 e. The van der Waals surface area contributed by atoms with Crippen LogP contribution in [0.3, 0.4) is 0 Å². The van der Waals surface area contributed by atoms with E-state index in [-0.39, 0.29) is 22.8 Å². The van der Waals surface area contributed by atoms with Gasteiger partial charge in [-0.25, -0.2) is 0 Å². The molecule has 0 saturated carbocycles. The van der Waals surface area contributed by atoms with E-state index >= 15 is 0 Å². The van der Waals surface area contributed by atoms with Crippen molar-refractivity contribution < 1.29 is 4.79 Å². The zero-order valence-electron chi connectivity index (χ0n) is 14.3. The summed E-state index contributed by atoms with van der Waals surface area (Å²) in [6.45, 7) is 4.15. The van der Waals surface area contributed by atoms with Gasteiger partial charge in [-0.1, -0.05) is 42.0 Å². The summed E-state index contributed by atoms with van der Waals surface area (Å²) in [5.74, 6) is 1.05. The van der Waals surface area contributed by atoms with Crippen molar-refractivity contribution in [2.75, 3.05) is 29.4 Å². The van der Waals surface area contributed by atoms with Gasteiger partial charge in [0, 0.05) is 18.7 Å². The van der Waals surface area contributed by atoms with Gasteiger partial charge in [-0.05, 0) is 31.9 Å². The molecule has 5 heteroatoms. The van der Waals surface area contributed by atoms with Gasteiger partial charge in [0.15, 0.2) is 5.78 Å². The summed E-state index contributed by atoms with van der Waals surface area (Å²) in [5, 5.41) is 0. The number of anilines is 2. The number of hydrogen-bond acceptors (Lipinski definition) is 4. The molecule has 2 aliphatic heterocycles. The number of para-hydroxylation sites is 2. The molecule has 4 rings (SSSR count). The number of rotatable bonds is 3. The third-order valence-corrected chi connectivity index (χ3v) is 4.66. The molecule has 0 unspecified atom stereocenters. The molecule has 0 amide bonds. The van der Waals surface area contributed by atoms with Crippen LogP contribution in [-0.4, -0.2) is 31.4 Å². The molecule has 0 fully saturated rings. The van der Waals surface area contributed by atoms with Crippen molar-refractivity contribution in [3.8, 4) is 0 Å². The summed E-state index contributed by atoms with van der Waals surface area (Å²) in [6, 6.07) is 16.1. The summed E-state index contributed by atoms with van der Waals surface area (Å²) in [6.07, 6.45) is 2.23. The fraction of sp³-hybridized carbons (Fsp3) is 0.300. The lowest BCUT2D eigenvalue weighted by Gasteiger charge is -2.22. The molecule has 25 heavy (non-hydrogen) atoms. The van der Waals surface area contributed by atoms with Gasteiger partial charge in [-0.15, -0.1) is 17.0 Å². The first-order valence-corrected chi connectivity index (χ1v) is 8.52. The lowest BCUT2D eigenvalue weighted by Crippen LogP contribution is -2.41. The van der Waals surface area contributed by atoms with E-state index in [0.717, 1.165) is 54.4 Å². The second-order valence-corrected chi connectivity index (χ2v) is 6.40. The van der Waals surface area contributed by atoms with Crippen LogP contribution in [0.2, 0.25) is 0 Å². The van der Waals surface area contributed by atoms with E-state index in [2.05, 4.69) is 21.9 Å². The third-order valence-electron chi connectivity index (χ3n) is 4.66. The van der Waals surface area contributed by atoms with Crippen molar-refractivity contribution >= 4 is 40.1 Å². The minimum absolute atomic E-state index is 0. The molecule has 2 heterocycles. The van der Waals surface area contributed by atoms with Gasteiger partial charge in [0.2, 0.25) is 5.96 Å². The molecule has 4 nitrogen and oxygen atoms in total. The monoisotopic (exact) mass is 399 g/mol. The predicted octanol–water partition coefficient (Wildman–Crippen LogP) is 4.23. The summed E-state index contributed by atoms with van der Waals surface area (Å²) >= 11 is 0. The van der Waals surface area contributed by atoms with E-state index in [4.69, 9.17) is 4.99 Å². The number of carbonyl (C=O) groups is 1. The van der Waals surface area contributed by atoms with Gasteiger partial charge in [0.1, 0.15) is 0 Å². The molecule has 0 spiro atoms. The number of carbonyl (C=O) groups excluding carboxylic acids is 1. The zero-order chi connectivity index (χ0) is 16.5. The quantitative estimate of drug-likeness (QED) is 0.724. The molecule has 0 aromatic heterocycles. The van der Waals surface area contributed by atoms with Crippen molar-refractivity contribution in [3.05, 3.63) is 59.7 Å². The topological polar surface area (TPSA) is 35.9 Å². The third kappa shape index (κ3) is 3.33. The second kappa shape index (κ2) is 7.40. The van der Waals surface area contributed by atoms with Crippen LogP contribution in [0, 0.1) is 6.92 Å². The van der Waals surface area contributed by atoms with Gasteiger partial charge >= 0.3 is 0 Å². The maximum atomic E-state index is 12.8. The fourth-order valence-corrected chi connectivity index (χ4v) is 3.36. The Labute approximate surface area is 158 Å². The highest BCUT2D eigenvalue weighted by Crippen LogP contribution is 2.38. The Morgan fingerprint density at radius 2 is 1.76 bits per heavy atom. The van der Waals surface area contributed by atoms with Crippen LogP contribution in [0.4, 0.5) is 11.4 Å². The van der Waals surface area contributed by atoms with Crippen LogP contribution in [0.5, 0.6) is 0 Å². The molecule has 2 aromatic rings. The number of guanidine groups is 1. The fourth-order valence-electron chi connectivity index (χ4n) is 3.36. The lowest BCUT2D eigenvalue weighted by atomic mass is 10.1. The molecule has 2 aromatic carbocycles. The highest BCUT2D eigenvalue weighted by Gasteiger charge is 2.34. The molecular weight excluding hydrogens is 378 g/mol. The molecule has 0 aliphatic carbocycles. The predicted molar refractivity (Wildman–Crippen MR) is 109 cm³/mol. The molecule has 0 bridgehead atoms. The molecule has 2 aliphatic rings. The van der Waals surface area contributed by atoms with Crippen molar-refractivity contribution in [3.63, 3.8) is 0 Å². The van der Waals surface area contributed by atoms with Crippen molar-refractivity contribution in [2.45, 2.75) is 19.8 Å². The van der Waals surface area contributed by atoms with Crippen LogP contribution >= 0.6 is 17.0 Å². The summed E-state index contributed by atoms with van der Waals surface area (Å²) in [7, 11) is 0. The van der Waals surface area contributed by atoms with E-state index in [0.29, 0.717) is 6.54 Å². The maximum absolute atomic E-state index is 12.8. The summed E-state index contributed by atoms with van der Waals surface area (Å²) < 4.78 is 0. The number of nitrogens with zero attached hydrogens (tertiary/aromatic N) is 3. The molecule has 0 saturated heterocycles. The first-order chi connectivity index (χ1) is 11.7. The number of Topliss-reactive ketones (excluding diaryl/α,β-unsaturated/α-hetero) is 1. The first-order valence-electron chi connectivity index (χ1n) is 8.52. The Bertz CT molecular complexity index is 801. The van der Waals surface area contributed by atoms with Crippen LogP contribution in [-0.2, 0) is 0 Å². The maximum Gasteiger partial charge on any atom is 0.206 e. The molecule has 130 valence electrons. The average Bonchev–Trinajstić information content (AvgIpc) is 2.76. The normalized spacial score (nSPS) is 15.6. The molecular formula is C20H22BrN3O. The van der Waals surface area contributed by atoms with Gasteiger partial charge in [0.05, 0.1) is 17.9 Å². The Morgan fingerprint density at radius 1 is 1.04 bits per heavy atom. The first kappa shape index (κ1) is 17.7. The van der Waals surface area contributed by atoms with Crippen molar-refractivity contribution in [2.24, 2.45) is 4.99 Å². The highest BCUT2D eigenvalue weighted by molar-refractivity contribution is 8.93. The number of aryl methyl sites for hydroxylation is 1. The standard InChI is InChI=1S/C20H21N3O.BrH/c1-15-8-10-16(11-9-15)19(24)14-23-18-7-3-2-6-17(18)22-13-5-4-12-21-20(22)23;/h2-3,6-11H,4-5,12-14H2,1H3;1H. The number of ketones is 1. The summed E-state index contributed by atoms with van der Waals surface area (Å²) in [4.78, 5) is 21.9. The molecule has 0 atom stereocenters. The number of aliphatic imine (C=N–C) groups is 1. The number of benzene rings is 2. The number of halogens is 1. The average molecular weight is 400 g/mol. The van der Waals surface area contributed by atoms with E-state index in [1.807, 2.05) is 43.3 Å². The van der Waals surface area contributed by atoms with Crippen molar-refractivity contribution in [1.82, 2.24) is 0 Å². The van der Waals surface area contributed by atoms with Gasteiger partial charge in [-0.3, -0.25) is 9.79 Å². The zero-order valence-corrected chi connectivity index (χ0v) is 16.0. The Balaban J connectivity index is 0.00000182. The van der Waals surface area contributed by atoms with Gasteiger partial charge in [-0.2, -0.15) is 0 Å². The molecule has 0 N–H and O–H groups in total. The van der Waals surface area contributed by atoms with Crippen LogP contribution in [0.25, 0.3) is 0 Å². The highest BCUT2D eigenvalue weighted by atomic mass is 79.9. The Morgan fingerprint density at radius 3 is 2.52 bits per heavy atom. The van der Waals surface area contributed by atoms with E-state index in [1.54, 1.807) is 0 Å². The second-order valence-electron chi connectivity index (χ2n) is 6.40. The number of fused-ring (bicyclic) bond motifs is 3. The van der Waals surface area contributed by atoms with Crippen LogP contribution in [0.15, 0.2) is 53.5 Å². The Kier molecular flexibility index (Phi) is 5.23. The van der Waals surface area contributed by atoms with E-state index in [9.17, 15) is 4.79 Å². The minimum Gasteiger partial charge on any atom is -0.310 e. The van der Waals surface area contributed by atoms with E-state index in [1.165, 1.54) is 0 Å². The SMILES string of the molecule is Br.Cc1ccc(C(=O)CN2C3=NCCCCN3c3ccccc32)cc1. The largest absolute Gasteiger partial charge is 0.310 e. The number of hydrogen-bond donors (Lipinski definition) is 0. The van der Waals surface area contributed by atoms with Crippen LogP contribution < -0.4 is 9.80 Å². The van der Waals surface area contributed by atoms with Gasteiger partial charge in [0.25, 0.3) is 0 Å².